The standard InChI is InChI=1S/C31H31FN6O/c1-37-12-4-6-22(37)10-11-33-31-35-29-26(30(36-31)38-17-19-8-9-20(13-19)18-38)16-34-28(27(29)32)25-15-23(39)14-21-5-2-3-7-24(21)25/h2-7,12,14-16,19-20,39H,8-11,13,17-18H2,1H3,(H,33,35,36). The number of piperidine rings is 1. The topological polar surface area (TPSA) is 79.1 Å². The van der Waals surface area contributed by atoms with Crippen molar-refractivity contribution in [2.24, 2.45) is 18.9 Å². The lowest BCUT2D eigenvalue weighted by Gasteiger charge is -2.33. The maximum atomic E-state index is 16.4. The quantitative estimate of drug-likeness (QED) is 0.288. The summed E-state index contributed by atoms with van der Waals surface area (Å²) >= 11 is 0. The van der Waals surface area contributed by atoms with Crippen LogP contribution in [0.2, 0.25) is 0 Å². The zero-order chi connectivity index (χ0) is 26.5. The van der Waals surface area contributed by atoms with Crippen molar-refractivity contribution in [1.29, 1.82) is 0 Å². The largest absolute Gasteiger partial charge is 0.508 e. The predicted molar refractivity (Wildman–Crippen MR) is 153 cm³/mol. The van der Waals surface area contributed by atoms with Crippen molar-refractivity contribution in [3.8, 4) is 17.0 Å². The van der Waals surface area contributed by atoms with Crippen molar-refractivity contribution < 1.29 is 9.50 Å². The van der Waals surface area contributed by atoms with E-state index < -0.39 is 5.82 Å². The molecule has 5 aromatic rings. The molecule has 2 aromatic carbocycles. The molecule has 3 aromatic heterocycles. The fraction of sp³-hybridized carbons (Fsp3) is 0.323. The monoisotopic (exact) mass is 522 g/mol. The average Bonchev–Trinajstić information content (AvgIpc) is 3.51. The number of anilines is 2. The highest BCUT2D eigenvalue weighted by Gasteiger charge is 2.34. The van der Waals surface area contributed by atoms with Gasteiger partial charge in [-0.25, -0.2) is 9.37 Å². The van der Waals surface area contributed by atoms with Gasteiger partial charge in [0, 0.05) is 56.8 Å². The molecule has 2 bridgehead atoms. The van der Waals surface area contributed by atoms with Crippen LogP contribution in [0.5, 0.6) is 5.75 Å². The molecule has 2 unspecified atom stereocenters. The number of hydrogen-bond donors (Lipinski definition) is 2. The first kappa shape index (κ1) is 23.9. The number of aromatic hydroxyl groups is 1. The van der Waals surface area contributed by atoms with Crippen LogP contribution in [0.4, 0.5) is 16.2 Å². The van der Waals surface area contributed by atoms with Gasteiger partial charge in [-0.1, -0.05) is 24.3 Å². The minimum absolute atomic E-state index is 0.0696. The smallest absolute Gasteiger partial charge is 0.225 e. The molecule has 7 rings (SSSR count). The van der Waals surface area contributed by atoms with Gasteiger partial charge in [-0.05, 0) is 66.1 Å². The summed E-state index contributed by atoms with van der Waals surface area (Å²) in [7, 11) is 2.03. The first-order valence-electron chi connectivity index (χ1n) is 13.7. The molecular weight excluding hydrogens is 491 g/mol. The van der Waals surface area contributed by atoms with Crippen LogP contribution in [0.25, 0.3) is 32.9 Å². The molecule has 1 aliphatic heterocycles. The second-order valence-electron chi connectivity index (χ2n) is 11.0. The first-order chi connectivity index (χ1) is 19.0. The first-order valence-corrected chi connectivity index (χ1v) is 13.7. The molecule has 7 nitrogen and oxygen atoms in total. The molecular formula is C31H31FN6O. The third-order valence-electron chi connectivity index (χ3n) is 8.39. The van der Waals surface area contributed by atoms with E-state index in [1.54, 1.807) is 18.3 Å². The number of fused-ring (bicyclic) bond motifs is 4. The Labute approximate surface area is 226 Å². The van der Waals surface area contributed by atoms with E-state index in [0.717, 1.165) is 36.1 Å². The van der Waals surface area contributed by atoms with Crippen molar-refractivity contribution in [1.82, 2.24) is 19.5 Å². The third kappa shape index (κ3) is 4.33. The van der Waals surface area contributed by atoms with Crippen molar-refractivity contribution in [3.05, 3.63) is 72.4 Å². The van der Waals surface area contributed by atoms with Crippen LogP contribution in [-0.2, 0) is 13.5 Å². The van der Waals surface area contributed by atoms with Gasteiger partial charge in [-0.15, -0.1) is 0 Å². The van der Waals surface area contributed by atoms with Gasteiger partial charge < -0.3 is 19.9 Å². The lowest BCUT2D eigenvalue weighted by atomic mass is 9.98. The van der Waals surface area contributed by atoms with Crippen LogP contribution >= 0.6 is 0 Å². The van der Waals surface area contributed by atoms with E-state index in [0.29, 0.717) is 35.3 Å². The number of phenols is 1. The number of hydrogen-bond acceptors (Lipinski definition) is 6. The maximum Gasteiger partial charge on any atom is 0.225 e. The maximum absolute atomic E-state index is 16.4. The van der Waals surface area contributed by atoms with E-state index in [1.807, 2.05) is 43.6 Å². The second kappa shape index (κ2) is 9.52. The average molecular weight is 523 g/mol. The van der Waals surface area contributed by atoms with E-state index in [2.05, 4.69) is 30.8 Å². The molecule has 1 saturated carbocycles. The Morgan fingerprint density at radius 3 is 2.64 bits per heavy atom. The van der Waals surface area contributed by atoms with E-state index in [1.165, 1.54) is 25.0 Å². The summed E-state index contributed by atoms with van der Waals surface area (Å²) in [6, 6.07) is 15.0. The lowest BCUT2D eigenvalue weighted by Crippen LogP contribution is -2.37. The van der Waals surface area contributed by atoms with Crippen LogP contribution < -0.4 is 10.2 Å². The predicted octanol–water partition coefficient (Wildman–Crippen LogP) is 5.92. The second-order valence-corrected chi connectivity index (χ2v) is 11.0. The lowest BCUT2D eigenvalue weighted by molar-refractivity contribution is 0.420. The van der Waals surface area contributed by atoms with E-state index in [4.69, 9.17) is 4.98 Å². The minimum atomic E-state index is -0.502. The molecule has 4 heterocycles. The van der Waals surface area contributed by atoms with Gasteiger partial charge in [-0.3, -0.25) is 4.98 Å². The molecule has 2 atom stereocenters. The summed E-state index contributed by atoms with van der Waals surface area (Å²) in [4.78, 5) is 16.5. The number of nitrogens with zero attached hydrogens (tertiary/aromatic N) is 5. The Morgan fingerprint density at radius 2 is 1.85 bits per heavy atom. The normalized spacial score (nSPS) is 18.8. The van der Waals surface area contributed by atoms with Gasteiger partial charge in [0.2, 0.25) is 5.95 Å². The van der Waals surface area contributed by atoms with Crippen molar-refractivity contribution in [3.63, 3.8) is 0 Å². The van der Waals surface area contributed by atoms with Gasteiger partial charge >= 0.3 is 0 Å². The summed E-state index contributed by atoms with van der Waals surface area (Å²) in [5.74, 6) is 2.03. The Bertz CT molecular complexity index is 1690. The zero-order valence-electron chi connectivity index (χ0n) is 21.9. The van der Waals surface area contributed by atoms with Crippen LogP contribution in [0.1, 0.15) is 25.0 Å². The van der Waals surface area contributed by atoms with Gasteiger partial charge in [0.25, 0.3) is 0 Å². The fourth-order valence-corrected chi connectivity index (χ4v) is 6.48. The number of rotatable bonds is 6. The molecule has 0 spiro atoms. The molecule has 0 radical (unpaired) electrons. The highest BCUT2D eigenvalue weighted by Crippen LogP contribution is 2.41. The summed E-state index contributed by atoms with van der Waals surface area (Å²) in [5.41, 5.74) is 2.16. The summed E-state index contributed by atoms with van der Waals surface area (Å²) in [6.45, 7) is 2.47. The molecule has 39 heavy (non-hydrogen) atoms. The van der Waals surface area contributed by atoms with Gasteiger partial charge in [0.15, 0.2) is 5.82 Å². The zero-order valence-corrected chi connectivity index (χ0v) is 21.9. The van der Waals surface area contributed by atoms with E-state index >= 15 is 4.39 Å². The van der Waals surface area contributed by atoms with Crippen LogP contribution in [0.3, 0.4) is 0 Å². The Kier molecular flexibility index (Phi) is 5.83. The number of nitrogens with one attached hydrogen (secondary N) is 1. The minimum Gasteiger partial charge on any atom is -0.508 e. The molecule has 2 N–H and O–H groups in total. The van der Waals surface area contributed by atoms with Gasteiger partial charge in [0.05, 0.1) is 5.39 Å². The number of aryl methyl sites for hydroxylation is 1. The summed E-state index contributed by atoms with van der Waals surface area (Å²) < 4.78 is 18.5. The number of aromatic nitrogens is 4. The van der Waals surface area contributed by atoms with Crippen LogP contribution in [0, 0.1) is 17.7 Å². The number of benzene rings is 2. The fourth-order valence-electron chi connectivity index (χ4n) is 6.48. The van der Waals surface area contributed by atoms with Crippen molar-refractivity contribution in [2.45, 2.75) is 25.7 Å². The third-order valence-corrected chi connectivity index (χ3v) is 8.39. The van der Waals surface area contributed by atoms with Gasteiger partial charge in [-0.2, -0.15) is 4.98 Å². The number of phenolic OH excluding ortho intramolecular Hbond substituents is 1. The van der Waals surface area contributed by atoms with Crippen LogP contribution in [0.15, 0.2) is 60.9 Å². The van der Waals surface area contributed by atoms with Gasteiger partial charge in [0.1, 0.15) is 22.8 Å². The van der Waals surface area contributed by atoms with E-state index in [9.17, 15) is 5.11 Å². The van der Waals surface area contributed by atoms with Crippen LogP contribution in [-0.4, -0.2) is 44.3 Å². The summed E-state index contributed by atoms with van der Waals surface area (Å²) in [6.07, 6.45) is 8.28. The number of halogens is 1. The Morgan fingerprint density at radius 1 is 1.03 bits per heavy atom. The molecule has 0 amide bonds. The van der Waals surface area contributed by atoms with Crippen molar-refractivity contribution >= 4 is 33.4 Å². The van der Waals surface area contributed by atoms with E-state index in [-0.39, 0.29) is 17.0 Å². The molecule has 198 valence electrons. The SMILES string of the molecule is Cn1cccc1CCNc1nc(N2CC3CCC(C3)C2)c2cnc(-c3cc(O)cc4ccccc34)c(F)c2n1. The molecule has 2 aliphatic rings. The molecule has 2 fully saturated rings. The highest BCUT2D eigenvalue weighted by atomic mass is 19.1. The summed E-state index contributed by atoms with van der Waals surface area (Å²) in [5, 5.41) is 16.0. The number of pyridine rings is 1. The molecule has 8 heteroatoms. The Hall–Kier alpha value is -4.20. The van der Waals surface area contributed by atoms with Crippen molar-refractivity contribution in [2.75, 3.05) is 29.9 Å². The molecule has 1 saturated heterocycles. The molecule has 1 aliphatic carbocycles. The Balaban J connectivity index is 1.33. The highest BCUT2D eigenvalue weighted by molar-refractivity contribution is 6.00.